The Labute approximate surface area is 167 Å². The molecule has 0 saturated heterocycles. The van der Waals surface area contributed by atoms with Crippen molar-refractivity contribution in [3.8, 4) is 11.8 Å². The van der Waals surface area contributed by atoms with Gasteiger partial charge in [-0.15, -0.1) is 0 Å². The molecule has 0 aliphatic rings. The first-order chi connectivity index (χ1) is 13.0. The van der Waals surface area contributed by atoms with Crippen LogP contribution >= 0.6 is 23.2 Å². The van der Waals surface area contributed by atoms with Crippen LogP contribution in [-0.2, 0) is 4.79 Å². The molecule has 27 heavy (non-hydrogen) atoms. The average Bonchev–Trinajstić information content (AvgIpc) is 3.12. The van der Waals surface area contributed by atoms with Crippen LogP contribution in [0.5, 0.6) is 0 Å². The summed E-state index contributed by atoms with van der Waals surface area (Å²) in [5, 5.41) is 13.4. The largest absolute Gasteiger partial charge is 0.321 e. The molecule has 0 fully saturated rings. The summed E-state index contributed by atoms with van der Waals surface area (Å²) in [7, 11) is 0. The van der Waals surface area contributed by atoms with E-state index in [0.29, 0.717) is 21.4 Å². The number of hydrogen-bond acceptors (Lipinski definition) is 2. The number of halogens is 2. The molecule has 3 rings (SSSR count). The maximum Gasteiger partial charge on any atom is 0.266 e. The van der Waals surface area contributed by atoms with E-state index in [-0.39, 0.29) is 5.57 Å². The molecule has 2 aromatic carbocycles. The second-order valence-corrected chi connectivity index (χ2v) is 6.66. The second-order valence-electron chi connectivity index (χ2n) is 5.82. The Bertz CT molecular complexity index is 1060. The summed E-state index contributed by atoms with van der Waals surface area (Å²) in [6, 6.07) is 18.1. The van der Waals surface area contributed by atoms with E-state index in [1.165, 1.54) is 0 Å². The van der Waals surface area contributed by atoms with Crippen LogP contribution in [0, 0.1) is 18.3 Å². The predicted octanol–water partition coefficient (Wildman–Crippen LogP) is 5.64. The number of hydrogen-bond donors (Lipinski definition) is 1. The highest BCUT2D eigenvalue weighted by molar-refractivity contribution is 6.32. The number of aromatic nitrogens is 1. The monoisotopic (exact) mass is 395 g/mol. The van der Waals surface area contributed by atoms with E-state index in [1.54, 1.807) is 43.3 Å². The van der Waals surface area contributed by atoms with Crippen LogP contribution in [0.3, 0.4) is 0 Å². The van der Waals surface area contributed by atoms with Gasteiger partial charge in [0.25, 0.3) is 5.91 Å². The topological polar surface area (TPSA) is 57.8 Å². The number of nitrogens with one attached hydrogen (secondary N) is 1. The lowest BCUT2D eigenvalue weighted by atomic mass is 10.1. The summed E-state index contributed by atoms with van der Waals surface area (Å²) >= 11 is 12.0. The Morgan fingerprint density at radius 2 is 1.85 bits per heavy atom. The lowest BCUT2D eigenvalue weighted by molar-refractivity contribution is -0.112. The first kappa shape index (κ1) is 18.8. The van der Waals surface area contributed by atoms with E-state index in [9.17, 15) is 10.1 Å². The lowest BCUT2D eigenvalue weighted by Gasteiger charge is -2.10. The molecule has 4 nitrogen and oxygen atoms in total. The van der Waals surface area contributed by atoms with Crippen molar-refractivity contribution in [1.29, 1.82) is 5.26 Å². The Hall–Kier alpha value is -3.00. The van der Waals surface area contributed by atoms with E-state index < -0.39 is 5.91 Å². The van der Waals surface area contributed by atoms with Crippen LogP contribution in [0.2, 0.25) is 10.0 Å². The fraction of sp³-hybridized carbons (Fsp3) is 0.0476. The molecule has 0 unspecified atom stereocenters. The zero-order valence-electron chi connectivity index (χ0n) is 14.4. The molecule has 0 bridgehead atoms. The fourth-order valence-corrected chi connectivity index (χ4v) is 2.88. The van der Waals surface area contributed by atoms with Crippen molar-refractivity contribution < 1.29 is 4.79 Å². The first-order valence-corrected chi connectivity index (χ1v) is 8.87. The number of amides is 1. The van der Waals surface area contributed by atoms with E-state index in [0.717, 1.165) is 11.3 Å². The number of rotatable bonds is 4. The molecule has 1 aromatic heterocycles. The predicted molar refractivity (Wildman–Crippen MR) is 109 cm³/mol. The van der Waals surface area contributed by atoms with Crippen LogP contribution in [-0.4, -0.2) is 10.5 Å². The minimum absolute atomic E-state index is 0.0108. The highest BCUT2D eigenvalue weighted by Crippen LogP contribution is 2.24. The van der Waals surface area contributed by atoms with Crippen LogP contribution in [0.25, 0.3) is 11.8 Å². The van der Waals surface area contributed by atoms with Gasteiger partial charge in [-0.2, -0.15) is 5.26 Å². The number of benzene rings is 2. The van der Waals surface area contributed by atoms with Crippen LogP contribution < -0.4 is 5.32 Å². The fourth-order valence-electron chi connectivity index (χ4n) is 2.58. The second kappa shape index (κ2) is 8.13. The number of anilines is 1. The third-order valence-corrected chi connectivity index (χ3v) is 4.72. The van der Waals surface area contributed by atoms with Crippen molar-refractivity contribution >= 4 is 40.9 Å². The minimum atomic E-state index is -0.494. The van der Waals surface area contributed by atoms with Crippen molar-refractivity contribution in [2.45, 2.75) is 6.92 Å². The molecule has 0 atom stereocenters. The third kappa shape index (κ3) is 4.22. The summed E-state index contributed by atoms with van der Waals surface area (Å²) in [6.45, 7) is 1.80. The lowest BCUT2D eigenvalue weighted by Crippen LogP contribution is -2.14. The van der Waals surface area contributed by atoms with Gasteiger partial charge in [-0.3, -0.25) is 4.79 Å². The van der Waals surface area contributed by atoms with Gasteiger partial charge < -0.3 is 9.88 Å². The molecule has 134 valence electrons. The van der Waals surface area contributed by atoms with Gasteiger partial charge >= 0.3 is 0 Å². The van der Waals surface area contributed by atoms with Gasteiger partial charge in [0.2, 0.25) is 0 Å². The van der Waals surface area contributed by atoms with Crippen LogP contribution in [0.4, 0.5) is 5.69 Å². The van der Waals surface area contributed by atoms with Gasteiger partial charge in [0.1, 0.15) is 11.6 Å². The molecule has 3 aromatic rings. The van der Waals surface area contributed by atoms with Gasteiger partial charge in [0.05, 0.1) is 0 Å². The molecule has 0 saturated carbocycles. The van der Waals surface area contributed by atoms with Crippen molar-refractivity contribution in [3.63, 3.8) is 0 Å². The Morgan fingerprint density at radius 1 is 1.11 bits per heavy atom. The maximum absolute atomic E-state index is 12.6. The van der Waals surface area contributed by atoms with E-state index in [1.807, 2.05) is 41.1 Å². The molecule has 1 amide bonds. The number of carbonyl (C=O) groups is 1. The number of nitrogens with zero attached hydrogens (tertiary/aromatic N) is 2. The van der Waals surface area contributed by atoms with Crippen molar-refractivity contribution in [2.24, 2.45) is 0 Å². The summed E-state index contributed by atoms with van der Waals surface area (Å²) in [4.78, 5) is 12.6. The maximum atomic E-state index is 12.6. The quantitative estimate of drug-likeness (QED) is 0.459. The van der Waals surface area contributed by atoms with Crippen molar-refractivity contribution in [1.82, 2.24) is 4.57 Å². The van der Waals surface area contributed by atoms with Gasteiger partial charge in [-0.05, 0) is 67.1 Å². The van der Waals surface area contributed by atoms with E-state index >= 15 is 0 Å². The molecule has 0 spiro atoms. The molecule has 0 aliphatic heterocycles. The van der Waals surface area contributed by atoms with Crippen molar-refractivity contribution in [3.05, 3.63) is 87.7 Å². The smallest absolute Gasteiger partial charge is 0.266 e. The standard InChI is InChI=1S/C21H15Cl2N3O/c1-14-19(23)5-2-6-20(14)25-21(27)15(13-24)12-18-4-3-11-26(18)17-9-7-16(22)8-10-17/h2-12H,1H3,(H,25,27)/b15-12-. The molecule has 0 radical (unpaired) electrons. The normalized spacial score (nSPS) is 11.1. The Morgan fingerprint density at radius 3 is 2.56 bits per heavy atom. The van der Waals surface area contributed by atoms with E-state index in [2.05, 4.69) is 5.32 Å². The minimum Gasteiger partial charge on any atom is -0.321 e. The highest BCUT2D eigenvalue weighted by Gasteiger charge is 2.13. The third-order valence-electron chi connectivity index (χ3n) is 4.06. The molecular weight excluding hydrogens is 381 g/mol. The summed E-state index contributed by atoms with van der Waals surface area (Å²) in [5.41, 5.74) is 2.88. The van der Waals surface area contributed by atoms with Gasteiger partial charge in [-0.25, -0.2) is 0 Å². The molecule has 6 heteroatoms. The van der Waals surface area contributed by atoms with Gasteiger partial charge in [0, 0.05) is 33.3 Å². The Balaban J connectivity index is 1.90. The Kier molecular flexibility index (Phi) is 5.66. The highest BCUT2D eigenvalue weighted by atomic mass is 35.5. The van der Waals surface area contributed by atoms with Crippen LogP contribution in [0.15, 0.2) is 66.4 Å². The average molecular weight is 396 g/mol. The zero-order valence-corrected chi connectivity index (χ0v) is 15.9. The first-order valence-electron chi connectivity index (χ1n) is 8.11. The zero-order chi connectivity index (χ0) is 19.4. The summed E-state index contributed by atoms with van der Waals surface area (Å²) in [5.74, 6) is -0.494. The number of nitriles is 1. The van der Waals surface area contributed by atoms with Crippen molar-refractivity contribution in [2.75, 3.05) is 5.32 Å². The molecule has 1 heterocycles. The molecule has 0 aliphatic carbocycles. The van der Waals surface area contributed by atoms with Gasteiger partial charge in [-0.1, -0.05) is 29.3 Å². The summed E-state index contributed by atoms with van der Waals surface area (Å²) < 4.78 is 1.87. The molecule has 1 N–H and O–H groups in total. The summed E-state index contributed by atoms with van der Waals surface area (Å²) in [6.07, 6.45) is 3.40. The van der Waals surface area contributed by atoms with Gasteiger partial charge in [0.15, 0.2) is 0 Å². The van der Waals surface area contributed by atoms with E-state index in [4.69, 9.17) is 23.2 Å². The number of carbonyl (C=O) groups excluding carboxylic acids is 1. The SMILES string of the molecule is Cc1c(Cl)cccc1NC(=O)/C(C#N)=C\c1cccn1-c1ccc(Cl)cc1. The molecular formula is C21H15Cl2N3O. The van der Waals surface area contributed by atoms with Crippen LogP contribution in [0.1, 0.15) is 11.3 Å².